The third kappa shape index (κ3) is 6.09. The van der Waals surface area contributed by atoms with Gasteiger partial charge in [-0.15, -0.1) is 0 Å². The molecule has 9 nitrogen and oxygen atoms in total. The summed E-state index contributed by atoms with van der Waals surface area (Å²) in [7, 11) is 0. The van der Waals surface area contributed by atoms with Crippen LogP contribution in [0.4, 0.5) is 4.79 Å². The number of carbonyl (C=O) groups is 2. The van der Waals surface area contributed by atoms with E-state index in [4.69, 9.17) is 4.52 Å². The van der Waals surface area contributed by atoms with Gasteiger partial charge in [0.25, 0.3) is 0 Å². The maximum absolute atomic E-state index is 13.1. The minimum absolute atomic E-state index is 0.0251. The number of Topliss-reactive ketones (excluding diaryl/α,β-unsaturated/α-hetero) is 1. The van der Waals surface area contributed by atoms with Crippen molar-refractivity contribution in [1.82, 2.24) is 25.3 Å². The Bertz CT molecular complexity index is 1430. The van der Waals surface area contributed by atoms with E-state index in [0.717, 1.165) is 34.2 Å². The Hall–Kier alpha value is -3.59. The zero-order valence-corrected chi connectivity index (χ0v) is 24.2. The summed E-state index contributed by atoms with van der Waals surface area (Å²) in [4.78, 5) is 36.7. The summed E-state index contributed by atoms with van der Waals surface area (Å²) in [6, 6.07) is 6.06. The first-order valence-corrected chi connectivity index (χ1v) is 14.0. The monoisotopic (exact) mass is 545 g/mol. The molecule has 40 heavy (non-hydrogen) atoms. The molecule has 1 saturated carbocycles. The molecule has 2 aromatic heterocycles. The number of aryl methyl sites for hydroxylation is 2. The zero-order chi connectivity index (χ0) is 28.8. The number of rotatable bonds is 7. The van der Waals surface area contributed by atoms with Crippen LogP contribution in [0.2, 0.25) is 0 Å². The van der Waals surface area contributed by atoms with E-state index in [1.54, 1.807) is 27.0 Å². The first-order valence-electron chi connectivity index (χ1n) is 14.0. The Kier molecular flexibility index (Phi) is 7.29. The minimum Gasteiger partial charge on any atom is -0.386 e. The van der Waals surface area contributed by atoms with Gasteiger partial charge in [-0.25, -0.2) is 4.79 Å². The van der Waals surface area contributed by atoms with E-state index in [-0.39, 0.29) is 29.2 Å². The second kappa shape index (κ2) is 10.4. The topological polar surface area (TPSA) is 121 Å². The highest BCUT2D eigenvalue weighted by molar-refractivity contribution is 5.85. The molecular weight excluding hydrogens is 506 g/mol. The quantitative estimate of drug-likeness (QED) is 0.436. The van der Waals surface area contributed by atoms with E-state index < -0.39 is 5.60 Å². The Morgan fingerprint density at radius 2 is 1.93 bits per heavy atom. The maximum Gasteiger partial charge on any atom is 0.318 e. The van der Waals surface area contributed by atoms with Gasteiger partial charge in [0, 0.05) is 60.4 Å². The SMILES string of the molecule is Cc1noc([C@@H]2C[C@H]2C(=O)CCc2ccc(-c3cncc(C(C)(C)O)c3)c3c2CN(C(=O)NC(C)(C)C)CC3)n1. The minimum atomic E-state index is -1.01. The number of ketones is 1. The van der Waals surface area contributed by atoms with Crippen LogP contribution in [0, 0.1) is 12.8 Å². The van der Waals surface area contributed by atoms with Crippen molar-refractivity contribution >= 4 is 11.8 Å². The summed E-state index contributed by atoms with van der Waals surface area (Å²) in [6.45, 7) is 12.3. The molecular formula is C31H39N5O4. The van der Waals surface area contributed by atoms with Gasteiger partial charge in [-0.1, -0.05) is 17.3 Å². The highest BCUT2D eigenvalue weighted by atomic mass is 16.5. The smallest absolute Gasteiger partial charge is 0.318 e. The van der Waals surface area contributed by atoms with Crippen molar-refractivity contribution in [3.8, 4) is 11.1 Å². The standard InChI is InChI=1S/C31H39N5O4/c1-18-33-28(40-35-18)25-14-24(25)27(37)10-8-19-7-9-22(20-13-21(16-32-15-20)31(5,6)39)23-11-12-36(17-26(19)23)29(38)34-30(2,3)4/h7,9,13,15-16,24-25,39H,8,10-12,14,17H2,1-6H3,(H,34,38)/t24-,25-/m1/s1. The Labute approximate surface area is 235 Å². The van der Waals surface area contributed by atoms with E-state index in [0.29, 0.717) is 44.1 Å². The van der Waals surface area contributed by atoms with Crippen molar-refractivity contribution < 1.29 is 19.2 Å². The Morgan fingerprint density at radius 3 is 2.60 bits per heavy atom. The molecule has 2 N–H and O–H groups in total. The number of amides is 2. The first kappa shape index (κ1) is 28.0. The summed E-state index contributed by atoms with van der Waals surface area (Å²) in [5.74, 6) is 1.30. The van der Waals surface area contributed by atoms with Crippen LogP contribution >= 0.6 is 0 Å². The zero-order valence-electron chi connectivity index (χ0n) is 24.2. The van der Waals surface area contributed by atoms with Crippen LogP contribution in [0.5, 0.6) is 0 Å². The molecule has 0 spiro atoms. The third-order valence-corrected chi connectivity index (χ3v) is 7.74. The lowest BCUT2D eigenvalue weighted by atomic mass is 9.85. The van der Waals surface area contributed by atoms with Crippen molar-refractivity contribution in [3.05, 3.63) is 64.6 Å². The number of fused-ring (bicyclic) bond motifs is 1. The number of nitrogens with one attached hydrogen (secondary N) is 1. The van der Waals surface area contributed by atoms with E-state index in [2.05, 4.69) is 32.6 Å². The van der Waals surface area contributed by atoms with Gasteiger partial charge in [0.05, 0.1) is 5.60 Å². The highest BCUT2D eigenvalue weighted by Gasteiger charge is 2.47. The fourth-order valence-corrected chi connectivity index (χ4v) is 5.47. The maximum atomic E-state index is 13.1. The predicted molar refractivity (Wildman–Crippen MR) is 151 cm³/mol. The Morgan fingerprint density at radius 1 is 1.15 bits per heavy atom. The van der Waals surface area contributed by atoms with Gasteiger partial charge >= 0.3 is 6.03 Å². The molecule has 0 radical (unpaired) electrons. The van der Waals surface area contributed by atoms with Crippen LogP contribution < -0.4 is 5.32 Å². The van der Waals surface area contributed by atoms with Crippen LogP contribution in [0.1, 0.15) is 87.3 Å². The van der Waals surface area contributed by atoms with Crippen LogP contribution in [0.3, 0.4) is 0 Å². The molecule has 9 heteroatoms. The molecule has 1 aromatic carbocycles. The van der Waals surface area contributed by atoms with E-state index in [1.807, 2.05) is 37.9 Å². The number of nitrogens with zero attached hydrogens (tertiary/aromatic N) is 4. The van der Waals surface area contributed by atoms with Gasteiger partial charge in [0.1, 0.15) is 5.78 Å². The van der Waals surface area contributed by atoms with Crippen molar-refractivity contribution in [1.29, 1.82) is 0 Å². The summed E-state index contributed by atoms with van der Waals surface area (Å²) in [5, 5.41) is 17.5. The average molecular weight is 546 g/mol. The number of hydrogen-bond donors (Lipinski definition) is 2. The molecule has 2 atom stereocenters. The fourth-order valence-electron chi connectivity index (χ4n) is 5.47. The number of aromatic nitrogens is 3. The van der Waals surface area contributed by atoms with Gasteiger partial charge in [0.2, 0.25) is 5.89 Å². The normalized spacial score (nSPS) is 18.8. The second-order valence-corrected chi connectivity index (χ2v) is 12.7. The first-order chi connectivity index (χ1) is 18.8. The molecule has 0 bridgehead atoms. The van der Waals surface area contributed by atoms with Gasteiger partial charge in [-0.2, -0.15) is 4.98 Å². The van der Waals surface area contributed by atoms with Crippen LogP contribution in [-0.2, 0) is 29.8 Å². The summed E-state index contributed by atoms with van der Waals surface area (Å²) < 4.78 is 5.28. The van der Waals surface area contributed by atoms with Crippen LogP contribution in [0.25, 0.3) is 11.1 Å². The molecule has 1 aliphatic carbocycles. The van der Waals surface area contributed by atoms with Crippen LogP contribution in [0.15, 0.2) is 35.1 Å². The molecule has 3 heterocycles. The average Bonchev–Trinajstić information content (AvgIpc) is 3.58. The molecule has 5 rings (SSSR count). The lowest BCUT2D eigenvalue weighted by Crippen LogP contribution is -2.50. The van der Waals surface area contributed by atoms with Gasteiger partial charge < -0.3 is 19.8 Å². The predicted octanol–water partition coefficient (Wildman–Crippen LogP) is 4.84. The molecule has 1 aliphatic heterocycles. The largest absolute Gasteiger partial charge is 0.386 e. The van der Waals surface area contributed by atoms with Gasteiger partial charge in [-0.05, 0) is 89.1 Å². The molecule has 1 fully saturated rings. The number of urea groups is 1. The van der Waals surface area contributed by atoms with Crippen LogP contribution in [-0.4, -0.2) is 49.0 Å². The van der Waals surface area contributed by atoms with Crippen molar-refractivity contribution in [2.24, 2.45) is 5.92 Å². The van der Waals surface area contributed by atoms with Crippen molar-refractivity contribution in [2.75, 3.05) is 6.54 Å². The summed E-state index contributed by atoms with van der Waals surface area (Å²) in [6.07, 6.45) is 5.98. The third-order valence-electron chi connectivity index (χ3n) is 7.74. The number of hydrogen-bond acceptors (Lipinski definition) is 7. The number of carbonyl (C=O) groups excluding carboxylic acids is 2. The number of benzene rings is 1. The number of aliphatic hydroxyl groups is 1. The molecule has 3 aromatic rings. The molecule has 0 saturated heterocycles. The second-order valence-electron chi connectivity index (χ2n) is 12.7. The lowest BCUT2D eigenvalue weighted by Gasteiger charge is -2.34. The summed E-state index contributed by atoms with van der Waals surface area (Å²) in [5.41, 5.74) is 4.72. The fraction of sp³-hybridized carbons (Fsp3) is 0.516. The number of pyridine rings is 1. The van der Waals surface area contributed by atoms with Crippen molar-refractivity contribution in [2.45, 2.75) is 90.8 Å². The van der Waals surface area contributed by atoms with Gasteiger partial charge in [-0.3, -0.25) is 9.78 Å². The lowest BCUT2D eigenvalue weighted by molar-refractivity contribution is -0.120. The van der Waals surface area contributed by atoms with E-state index in [9.17, 15) is 14.7 Å². The molecule has 0 unspecified atom stereocenters. The van der Waals surface area contributed by atoms with Crippen molar-refractivity contribution in [3.63, 3.8) is 0 Å². The highest BCUT2D eigenvalue weighted by Crippen LogP contribution is 2.48. The molecule has 2 aliphatic rings. The molecule has 212 valence electrons. The Balaban J connectivity index is 1.41. The van der Waals surface area contributed by atoms with Gasteiger partial charge in [0.15, 0.2) is 5.82 Å². The van der Waals surface area contributed by atoms with E-state index >= 15 is 0 Å². The summed E-state index contributed by atoms with van der Waals surface area (Å²) >= 11 is 0. The van der Waals surface area contributed by atoms with E-state index in [1.165, 1.54) is 5.56 Å². The molecule has 2 amide bonds.